The number of nitrogens with one attached hydrogen (secondary N) is 1. The summed E-state index contributed by atoms with van der Waals surface area (Å²) in [5.74, 6) is -2.98. The highest BCUT2D eigenvalue weighted by Crippen LogP contribution is 2.35. The minimum Gasteiger partial charge on any atom is -0.506 e. The van der Waals surface area contributed by atoms with Crippen LogP contribution in [-0.4, -0.2) is 70.1 Å². The summed E-state index contributed by atoms with van der Waals surface area (Å²) in [5, 5.41) is 12.6. The highest BCUT2D eigenvalue weighted by atomic mass is 28.3. The van der Waals surface area contributed by atoms with Crippen LogP contribution in [0.1, 0.15) is 11.6 Å². The van der Waals surface area contributed by atoms with E-state index >= 15 is 0 Å². The number of alkyl halides is 3. The first-order chi connectivity index (χ1) is 18.2. The fraction of sp³-hybridized carbons (Fsp3) is 0.458. The minimum atomic E-state index is -5.08. The maximum Gasteiger partial charge on any atom is 0.573 e. The first kappa shape index (κ1) is 30.1. The van der Waals surface area contributed by atoms with Crippen molar-refractivity contribution in [3.8, 4) is 11.5 Å². The Bertz CT molecular complexity index is 1190. The molecule has 214 valence electrons. The highest BCUT2D eigenvalue weighted by Gasteiger charge is 2.36. The smallest absolute Gasteiger partial charge is 0.506 e. The number of aromatic nitrogens is 1. The number of pyridine rings is 1. The van der Waals surface area contributed by atoms with Gasteiger partial charge in [0.15, 0.2) is 17.4 Å². The largest absolute Gasteiger partial charge is 0.573 e. The number of carbonyl (C=O) groups is 2. The predicted molar refractivity (Wildman–Crippen MR) is 136 cm³/mol. The number of methoxy groups -OCH3 is 1. The molecule has 2 aromatic rings. The molecule has 1 aliphatic heterocycles. The standard InChI is InChI=1S/C24H30F4N4O6Si/c1-36-13-18(15-5-6-20(17(25)9-15)38-24(26,27)28)30-23(35)31-12-21(34)32(14-37-7-8-39(2,3)4)19-10-16(33)11-29-22(19)31/h5-6,9-11,18,33H,7-8,12-14H2,1-4H3,(H,30,35). The Kier molecular flexibility index (Phi) is 9.40. The van der Waals surface area contributed by atoms with Gasteiger partial charge in [-0.3, -0.25) is 14.6 Å². The van der Waals surface area contributed by atoms with E-state index in [2.05, 4.69) is 34.7 Å². The molecule has 0 saturated heterocycles. The highest BCUT2D eigenvalue weighted by molar-refractivity contribution is 6.76. The summed E-state index contributed by atoms with van der Waals surface area (Å²) in [4.78, 5) is 32.7. The van der Waals surface area contributed by atoms with Gasteiger partial charge in [-0.1, -0.05) is 25.7 Å². The van der Waals surface area contributed by atoms with Crippen molar-refractivity contribution in [2.24, 2.45) is 0 Å². The van der Waals surface area contributed by atoms with Crippen LogP contribution in [0.3, 0.4) is 0 Å². The lowest BCUT2D eigenvalue weighted by molar-refractivity contribution is -0.275. The molecule has 1 aromatic heterocycles. The maximum absolute atomic E-state index is 14.3. The van der Waals surface area contributed by atoms with Crippen LogP contribution < -0.4 is 19.9 Å². The van der Waals surface area contributed by atoms with Crippen LogP contribution in [0.5, 0.6) is 11.5 Å². The van der Waals surface area contributed by atoms with Gasteiger partial charge in [0, 0.05) is 27.9 Å². The molecule has 1 unspecified atom stereocenters. The topological polar surface area (TPSA) is 113 Å². The zero-order valence-corrected chi connectivity index (χ0v) is 22.8. The van der Waals surface area contributed by atoms with E-state index in [0.29, 0.717) is 6.61 Å². The number of halogens is 4. The van der Waals surface area contributed by atoms with Crippen molar-refractivity contribution in [1.29, 1.82) is 0 Å². The average molecular weight is 575 g/mol. The fourth-order valence-corrected chi connectivity index (χ4v) is 4.43. The molecule has 1 atom stereocenters. The van der Waals surface area contributed by atoms with Crippen molar-refractivity contribution in [3.63, 3.8) is 0 Å². The van der Waals surface area contributed by atoms with E-state index in [1.807, 2.05) is 0 Å². The number of carbonyl (C=O) groups excluding carboxylic acids is 2. The lowest BCUT2D eigenvalue weighted by atomic mass is 10.1. The molecule has 0 fully saturated rings. The Morgan fingerprint density at radius 1 is 1.26 bits per heavy atom. The van der Waals surface area contributed by atoms with Crippen LogP contribution in [0, 0.1) is 5.82 Å². The minimum absolute atomic E-state index is 0.0648. The number of urea groups is 1. The second-order valence-corrected chi connectivity index (χ2v) is 15.6. The average Bonchev–Trinajstić information content (AvgIpc) is 2.82. The SMILES string of the molecule is COCC(NC(=O)N1CC(=O)N(COCC[Si](C)(C)C)c2cc(O)cnc21)c1ccc(OC(F)(F)F)c(F)c1. The zero-order chi connectivity index (χ0) is 29.0. The van der Waals surface area contributed by atoms with Crippen molar-refractivity contribution in [1.82, 2.24) is 10.3 Å². The molecule has 0 bridgehead atoms. The van der Waals surface area contributed by atoms with Crippen LogP contribution in [0.15, 0.2) is 30.5 Å². The zero-order valence-electron chi connectivity index (χ0n) is 21.8. The van der Waals surface area contributed by atoms with E-state index in [0.717, 1.165) is 35.3 Å². The van der Waals surface area contributed by atoms with Crippen LogP contribution in [-0.2, 0) is 14.3 Å². The van der Waals surface area contributed by atoms with Crippen LogP contribution >= 0.6 is 0 Å². The number of rotatable bonds is 10. The summed E-state index contributed by atoms with van der Waals surface area (Å²) < 4.78 is 66.2. The molecular formula is C24H30F4N4O6Si. The molecule has 2 heterocycles. The summed E-state index contributed by atoms with van der Waals surface area (Å²) in [6.07, 6.45) is -3.97. The fourth-order valence-electron chi connectivity index (χ4n) is 3.67. The molecule has 3 amide bonds. The number of benzene rings is 1. The van der Waals surface area contributed by atoms with Crippen molar-refractivity contribution < 1.29 is 46.5 Å². The quantitative estimate of drug-likeness (QED) is 0.246. The van der Waals surface area contributed by atoms with Gasteiger partial charge in [0.05, 0.1) is 24.5 Å². The molecule has 0 aliphatic carbocycles. The van der Waals surface area contributed by atoms with Gasteiger partial charge < -0.3 is 24.6 Å². The van der Waals surface area contributed by atoms with E-state index in [1.165, 1.54) is 18.1 Å². The van der Waals surface area contributed by atoms with Gasteiger partial charge in [-0.25, -0.2) is 14.2 Å². The Balaban J connectivity index is 1.80. The number of hydrogen-bond donors (Lipinski definition) is 2. The normalized spacial score (nSPS) is 14.7. The van der Waals surface area contributed by atoms with Crippen molar-refractivity contribution in [3.05, 3.63) is 41.8 Å². The van der Waals surface area contributed by atoms with Crippen LogP contribution in [0.4, 0.5) is 33.9 Å². The van der Waals surface area contributed by atoms with Crippen molar-refractivity contribution >= 4 is 31.5 Å². The van der Waals surface area contributed by atoms with Gasteiger partial charge in [-0.05, 0) is 23.7 Å². The first-order valence-corrected chi connectivity index (χ1v) is 15.6. The third-order valence-electron chi connectivity index (χ3n) is 5.65. The second-order valence-electron chi connectivity index (χ2n) is 9.99. The lowest BCUT2D eigenvalue weighted by Gasteiger charge is -2.35. The summed E-state index contributed by atoms with van der Waals surface area (Å²) in [6, 6.07) is 3.07. The van der Waals surface area contributed by atoms with Gasteiger partial charge in [0.2, 0.25) is 5.91 Å². The lowest BCUT2D eigenvalue weighted by Crippen LogP contribution is -2.53. The van der Waals surface area contributed by atoms with Gasteiger partial charge in [-0.2, -0.15) is 0 Å². The third-order valence-corrected chi connectivity index (χ3v) is 7.35. The molecule has 3 rings (SSSR count). The molecular weight excluding hydrogens is 544 g/mol. The number of aromatic hydroxyl groups is 1. The number of fused-ring (bicyclic) bond motifs is 1. The number of amides is 3. The van der Waals surface area contributed by atoms with Crippen LogP contribution in [0.25, 0.3) is 0 Å². The number of hydrogen-bond acceptors (Lipinski definition) is 7. The first-order valence-electron chi connectivity index (χ1n) is 11.9. The Labute approximate surface area is 223 Å². The monoisotopic (exact) mass is 574 g/mol. The van der Waals surface area contributed by atoms with Gasteiger partial charge in [-0.15, -0.1) is 13.2 Å². The summed E-state index contributed by atoms with van der Waals surface area (Å²) in [7, 11) is -0.0481. The Morgan fingerprint density at radius 3 is 2.59 bits per heavy atom. The Hall–Kier alpha value is -3.43. The summed E-state index contributed by atoms with van der Waals surface area (Å²) in [6.45, 7) is 6.31. The van der Waals surface area contributed by atoms with Gasteiger partial charge >= 0.3 is 12.4 Å². The number of anilines is 2. The molecule has 2 N–H and O–H groups in total. The molecule has 0 radical (unpaired) electrons. The molecule has 39 heavy (non-hydrogen) atoms. The molecule has 0 saturated carbocycles. The van der Waals surface area contributed by atoms with Crippen LogP contribution in [0.2, 0.25) is 25.7 Å². The predicted octanol–water partition coefficient (Wildman–Crippen LogP) is 4.39. The van der Waals surface area contributed by atoms with Gasteiger partial charge in [0.1, 0.15) is 19.0 Å². The molecule has 15 heteroatoms. The van der Waals surface area contributed by atoms with E-state index in [9.17, 15) is 32.3 Å². The maximum atomic E-state index is 14.3. The summed E-state index contributed by atoms with van der Waals surface area (Å²) >= 11 is 0. The van der Waals surface area contributed by atoms with E-state index in [-0.39, 0.29) is 36.2 Å². The molecule has 0 spiro atoms. The number of ether oxygens (including phenoxy) is 3. The van der Waals surface area contributed by atoms with E-state index < -0.39 is 50.5 Å². The third kappa shape index (κ3) is 8.27. The Morgan fingerprint density at radius 2 is 1.97 bits per heavy atom. The van der Waals surface area contributed by atoms with Crippen molar-refractivity contribution in [2.45, 2.75) is 38.1 Å². The molecule has 10 nitrogen and oxygen atoms in total. The molecule has 1 aromatic carbocycles. The number of nitrogens with zero attached hydrogens (tertiary/aromatic N) is 3. The van der Waals surface area contributed by atoms with Crippen molar-refractivity contribution in [2.75, 3.05) is 43.4 Å². The summed E-state index contributed by atoms with van der Waals surface area (Å²) in [5.41, 5.74) is 0.245. The second kappa shape index (κ2) is 12.2. The van der Waals surface area contributed by atoms with E-state index in [1.54, 1.807) is 0 Å². The van der Waals surface area contributed by atoms with E-state index in [4.69, 9.17) is 9.47 Å². The van der Waals surface area contributed by atoms with Gasteiger partial charge in [0.25, 0.3) is 0 Å². The molecule has 1 aliphatic rings.